The van der Waals surface area contributed by atoms with Crippen molar-refractivity contribution >= 4 is 40.0 Å². The first-order valence-electron chi connectivity index (χ1n) is 7.88. The van der Waals surface area contributed by atoms with Gasteiger partial charge in [-0.3, -0.25) is 9.59 Å². The van der Waals surface area contributed by atoms with Crippen molar-refractivity contribution in [2.24, 2.45) is 0 Å². The predicted octanol–water partition coefficient (Wildman–Crippen LogP) is 3.24. The molecule has 2 aromatic heterocycles. The van der Waals surface area contributed by atoms with Crippen LogP contribution in [0.2, 0.25) is 5.02 Å². The molecule has 7 heteroatoms. The number of nitrogens with one attached hydrogen (secondary N) is 3. The first kappa shape index (κ1) is 15.7. The van der Waals surface area contributed by atoms with Crippen molar-refractivity contribution < 1.29 is 4.79 Å². The van der Waals surface area contributed by atoms with Gasteiger partial charge in [0, 0.05) is 27.1 Å². The maximum Gasteiger partial charge on any atom is 0.253 e. The van der Waals surface area contributed by atoms with Gasteiger partial charge in [-0.15, -0.1) is 0 Å². The molecule has 0 fully saturated rings. The topological polar surface area (TPSA) is 86.9 Å². The molecule has 25 heavy (non-hydrogen) atoms. The van der Waals surface area contributed by atoms with Crippen molar-refractivity contribution in [1.82, 2.24) is 9.97 Å². The number of hydrogen-bond donors (Lipinski definition) is 3. The highest BCUT2D eigenvalue weighted by atomic mass is 35.5. The number of benzene rings is 1. The standard InChI is InChI=1S/C18H15ClN4O2/c1-9(20-15-5-2-10-8-16(24)23-17(10)22-15)13-7-11-6-12(19)3-4-14(11)21-18(13)25/h2-7,9H,8H2,1H3,(H,21,25)(H2,20,22,23,24)/t9-/m0/s1. The molecule has 0 radical (unpaired) electrons. The number of halogens is 1. The zero-order valence-corrected chi connectivity index (χ0v) is 14.1. The maximum atomic E-state index is 12.4. The van der Waals surface area contributed by atoms with Gasteiger partial charge in [-0.05, 0) is 37.3 Å². The molecule has 1 aromatic carbocycles. The van der Waals surface area contributed by atoms with E-state index in [1.165, 1.54) is 0 Å². The monoisotopic (exact) mass is 354 g/mol. The minimum Gasteiger partial charge on any atom is -0.363 e. The molecule has 0 unspecified atom stereocenters. The summed E-state index contributed by atoms with van der Waals surface area (Å²) in [5.74, 6) is 1.11. The van der Waals surface area contributed by atoms with Crippen LogP contribution in [-0.2, 0) is 11.2 Å². The van der Waals surface area contributed by atoms with Crippen molar-refractivity contribution in [2.45, 2.75) is 19.4 Å². The van der Waals surface area contributed by atoms with Crippen molar-refractivity contribution in [3.05, 3.63) is 62.9 Å². The second-order valence-corrected chi connectivity index (χ2v) is 6.52. The van der Waals surface area contributed by atoms with Crippen LogP contribution in [-0.4, -0.2) is 15.9 Å². The SMILES string of the molecule is C[C@H](Nc1ccc2c(n1)NC(=O)C2)c1cc2cc(Cl)ccc2[nH]c1=O. The Bertz CT molecular complexity index is 1060. The number of H-pyrrole nitrogens is 1. The first-order chi connectivity index (χ1) is 12.0. The minimum absolute atomic E-state index is 0.0597. The zero-order chi connectivity index (χ0) is 17.6. The van der Waals surface area contributed by atoms with E-state index in [0.717, 1.165) is 16.5 Å². The van der Waals surface area contributed by atoms with Gasteiger partial charge in [0.2, 0.25) is 5.91 Å². The van der Waals surface area contributed by atoms with Crippen molar-refractivity contribution in [3.8, 4) is 0 Å². The van der Waals surface area contributed by atoms with Crippen LogP contribution in [0, 0.1) is 0 Å². The van der Waals surface area contributed by atoms with Crippen LogP contribution < -0.4 is 16.2 Å². The summed E-state index contributed by atoms with van der Waals surface area (Å²) in [5, 5.41) is 7.41. The Hall–Kier alpha value is -2.86. The molecule has 4 rings (SSSR count). The number of hydrogen-bond acceptors (Lipinski definition) is 4. The number of aromatic nitrogens is 2. The lowest BCUT2D eigenvalue weighted by molar-refractivity contribution is -0.115. The van der Waals surface area contributed by atoms with Crippen molar-refractivity contribution in [1.29, 1.82) is 0 Å². The fourth-order valence-corrected chi connectivity index (χ4v) is 3.16. The maximum absolute atomic E-state index is 12.4. The van der Waals surface area contributed by atoms with Gasteiger partial charge in [0.1, 0.15) is 11.6 Å². The van der Waals surface area contributed by atoms with E-state index < -0.39 is 0 Å². The highest BCUT2D eigenvalue weighted by Crippen LogP contribution is 2.25. The molecule has 126 valence electrons. The van der Waals surface area contributed by atoms with Crippen LogP contribution in [0.25, 0.3) is 10.9 Å². The largest absolute Gasteiger partial charge is 0.363 e. The Balaban J connectivity index is 1.65. The third-order valence-corrected chi connectivity index (χ3v) is 4.49. The Morgan fingerprint density at radius 2 is 2.04 bits per heavy atom. The van der Waals surface area contributed by atoms with E-state index in [1.54, 1.807) is 12.1 Å². The van der Waals surface area contributed by atoms with E-state index in [-0.39, 0.29) is 17.5 Å². The third kappa shape index (κ3) is 2.96. The summed E-state index contributed by atoms with van der Waals surface area (Å²) in [5.41, 5.74) is 2.04. The van der Waals surface area contributed by atoms with Crippen LogP contribution in [0.3, 0.4) is 0 Å². The highest BCUT2D eigenvalue weighted by molar-refractivity contribution is 6.31. The number of rotatable bonds is 3. The summed E-state index contributed by atoms with van der Waals surface area (Å²) in [6.07, 6.45) is 0.350. The molecule has 1 aliphatic rings. The number of amides is 1. The Kier molecular flexibility index (Phi) is 3.69. The van der Waals surface area contributed by atoms with E-state index >= 15 is 0 Å². The molecule has 1 atom stereocenters. The van der Waals surface area contributed by atoms with Gasteiger partial charge >= 0.3 is 0 Å². The minimum atomic E-state index is -0.269. The fourth-order valence-electron chi connectivity index (χ4n) is 2.98. The second kappa shape index (κ2) is 5.89. The number of fused-ring (bicyclic) bond motifs is 2. The molecular formula is C18H15ClN4O2. The lowest BCUT2D eigenvalue weighted by atomic mass is 10.1. The molecule has 3 aromatic rings. The van der Waals surface area contributed by atoms with E-state index in [0.29, 0.717) is 28.6 Å². The van der Waals surface area contributed by atoms with Gasteiger partial charge in [0.05, 0.1) is 12.5 Å². The Morgan fingerprint density at radius 1 is 1.20 bits per heavy atom. The number of aromatic amines is 1. The van der Waals surface area contributed by atoms with Crippen molar-refractivity contribution in [2.75, 3.05) is 10.6 Å². The van der Waals surface area contributed by atoms with E-state index in [4.69, 9.17) is 11.6 Å². The molecule has 0 saturated heterocycles. The van der Waals surface area contributed by atoms with Crippen LogP contribution in [0.15, 0.2) is 41.2 Å². The van der Waals surface area contributed by atoms with Crippen LogP contribution in [0.1, 0.15) is 24.1 Å². The molecule has 0 aliphatic carbocycles. The Morgan fingerprint density at radius 3 is 2.88 bits per heavy atom. The van der Waals surface area contributed by atoms with Gasteiger partial charge in [0.15, 0.2) is 0 Å². The number of anilines is 2. The average Bonchev–Trinajstić information content (AvgIpc) is 2.93. The molecule has 0 bridgehead atoms. The third-order valence-electron chi connectivity index (χ3n) is 4.25. The zero-order valence-electron chi connectivity index (χ0n) is 13.4. The van der Waals surface area contributed by atoms with E-state index in [1.807, 2.05) is 31.2 Å². The molecule has 0 saturated carbocycles. The van der Waals surface area contributed by atoms with Gasteiger partial charge < -0.3 is 15.6 Å². The average molecular weight is 355 g/mol. The summed E-state index contributed by atoms with van der Waals surface area (Å²) >= 11 is 6.03. The molecule has 6 nitrogen and oxygen atoms in total. The number of carbonyl (C=O) groups excluding carboxylic acids is 1. The lowest BCUT2D eigenvalue weighted by Gasteiger charge is -2.15. The molecule has 0 spiro atoms. The summed E-state index contributed by atoms with van der Waals surface area (Å²) in [6, 6.07) is 10.6. The van der Waals surface area contributed by atoms with E-state index in [2.05, 4.69) is 20.6 Å². The molecule has 1 amide bonds. The van der Waals surface area contributed by atoms with Gasteiger partial charge in [0.25, 0.3) is 5.56 Å². The normalized spacial score (nSPS) is 14.2. The fraction of sp³-hybridized carbons (Fsp3) is 0.167. The second-order valence-electron chi connectivity index (χ2n) is 6.08. The Labute approximate surface area is 148 Å². The van der Waals surface area contributed by atoms with Crippen LogP contribution in [0.4, 0.5) is 11.6 Å². The summed E-state index contributed by atoms with van der Waals surface area (Å²) < 4.78 is 0. The first-order valence-corrected chi connectivity index (χ1v) is 8.26. The molecule has 1 aliphatic heterocycles. The van der Waals surface area contributed by atoms with E-state index in [9.17, 15) is 9.59 Å². The highest BCUT2D eigenvalue weighted by Gasteiger charge is 2.20. The quantitative estimate of drug-likeness (QED) is 0.673. The predicted molar refractivity (Wildman–Crippen MR) is 98.2 cm³/mol. The van der Waals surface area contributed by atoms with Crippen LogP contribution in [0.5, 0.6) is 0 Å². The molecule has 3 heterocycles. The number of carbonyl (C=O) groups is 1. The van der Waals surface area contributed by atoms with Crippen LogP contribution >= 0.6 is 11.6 Å². The summed E-state index contributed by atoms with van der Waals surface area (Å²) in [7, 11) is 0. The lowest BCUT2D eigenvalue weighted by Crippen LogP contribution is -2.19. The van der Waals surface area contributed by atoms with Gasteiger partial charge in [-0.1, -0.05) is 17.7 Å². The summed E-state index contributed by atoms with van der Waals surface area (Å²) in [4.78, 5) is 31.1. The van der Waals surface area contributed by atoms with Gasteiger partial charge in [-0.2, -0.15) is 0 Å². The number of pyridine rings is 2. The number of nitrogens with zero attached hydrogens (tertiary/aromatic N) is 1. The van der Waals surface area contributed by atoms with Crippen molar-refractivity contribution in [3.63, 3.8) is 0 Å². The van der Waals surface area contributed by atoms with Gasteiger partial charge in [-0.25, -0.2) is 4.98 Å². The molecular weight excluding hydrogens is 340 g/mol. The smallest absolute Gasteiger partial charge is 0.253 e. The summed E-state index contributed by atoms with van der Waals surface area (Å²) in [6.45, 7) is 1.88. The molecule has 3 N–H and O–H groups in total.